The number of carbonyl (C=O) groups is 1. The number of hydrogen-bond donors (Lipinski definition) is 0. The molecule has 1 amide bonds. The first kappa shape index (κ1) is 17.4. The number of hydrogen-bond acceptors (Lipinski definition) is 3. The quantitative estimate of drug-likeness (QED) is 0.770. The van der Waals surface area contributed by atoms with Crippen LogP contribution >= 0.6 is 0 Å². The van der Waals surface area contributed by atoms with E-state index in [0.29, 0.717) is 25.3 Å². The molecule has 0 saturated carbocycles. The highest BCUT2D eigenvalue weighted by molar-refractivity contribution is 6.01. The molecule has 0 unspecified atom stereocenters. The Morgan fingerprint density at radius 1 is 1.48 bits per heavy atom. The Morgan fingerprint density at radius 3 is 2.91 bits per heavy atom. The molecular weight excluding hydrogens is 295 g/mol. The highest BCUT2D eigenvalue weighted by atomic mass is 19.1. The summed E-state index contributed by atoms with van der Waals surface area (Å²) in [6.45, 7) is 7.39. The fraction of sp³-hybridized carbons (Fsp3) is 0.556. The van der Waals surface area contributed by atoms with E-state index < -0.39 is 0 Å². The van der Waals surface area contributed by atoms with E-state index in [1.807, 2.05) is 24.8 Å². The second-order valence-corrected chi connectivity index (χ2v) is 6.42. The fourth-order valence-corrected chi connectivity index (χ4v) is 2.68. The number of halogens is 1. The molecule has 1 aliphatic heterocycles. The topological polar surface area (TPSA) is 41.9 Å². The molecule has 0 radical (unpaired) electrons. The van der Waals surface area contributed by atoms with E-state index >= 15 is 0 Å². The van der Waals surface area contributed by atoms with E-state index in [2.05, 4.69) is 12.1 Å². The number of rotatable bonds is 7. The minimum atomic E-state index is -0.284. The molecule has 0 saturated heterocycles. The zero-order chi connectivity index (χ0) is 16.8. The molecule has 0 N–H and O–H groups in total. The molecule has 0 aliphatic carbocycles. The van der Waals surface area contributed by atoms with Gasteiger partial charge in [-0.05, 0) is 24.5 Å². The summed E-state index contributed by atoms with van der Waals surface area (Å²) in [6.07, 6.45) is 1.90. The Balaban J connectivity index is 1.94. The SMILES string of the molecule is CCCN(C[C@H]1CC(c2cccc(F)c2)=NO1)C(=O)CC(C)C. The van der Waals surface area contributed by atoms with Crippen molar-refractivity contribution in [2.45, 2.75) is 46.1 Å². The number of amides is 1. The van der Waals surface area contributed by atoms with Crippen molar-refractivity contribution in [3.8, 4) is 0 Å². The Morgan fingerprint density at radius 2 is 2.26 bits per heavy atom. The second kappa shape index (κ2) is 8.09. The first-order valence-corrected chi connectivity index (χ1v) is 8.26. The molecule has 5 heteroatoms. The van der Waals surface area contributed by atoms with E-state index in [1.54, 1.807) is 6.07 Å². The normalized spacial score (nSPS) is 17.1. The molecule has 0 spiro atoms. The van der Waals surface area contributed by atoms with Gasteiger partial charge in [0.1, 0.15) is 5.82 Å². The van der Waals surface area contributed by atoms with E-state index in [9.17, 15) is 9.18 Å². The third kappa shape index (κ3) is 5.05. The standard InChI is InChI=1S/C18H25FN2O2/c1-4-8-21(18(22)9-13(2)3)12-16-11-17(20-23-16)14-6-5-7-15(19)10-14/h5-7,10,13,16H,4,8-9,11-12H2,1-3H3/t16-/m1/s1. The summed E-state index contributed by atoms with van der Waals surface area (Å²) >= 11 is 0. The van der Waals surface area contributed by atoms with Crippen LogP contribution in [0.3, 0.4) is 0 Å². The van der Waals surface area contributed by atoms with E-state index in [4.69, 9.17) is 4.84 Å². The molecule has 1 atom stereocenters. The average molecular weight is 320 g/mol. The van der Waals surface area contributed by atoms with Gasteiger partial charge >= 0.3 is 0 Å². The van der Waals surface area contributed by atoms with Crippen molar-refractivity contribution in [1.82, 2.24) is 4.90 Å². The van der Waals surface area contributed by atoms with Crippen LogP contribution in [-0.2, 0) is 9.63 Å². The Labute approximate surface area is 137 Å². The molecule has 0 aromatic heterocycles. The molecule has 4 nitrogen and oxygen atoms in total. The Hall–Kier alpha value is -1.91. The average Bonchev–Trinajstić information content (AvgIpc) is 2.95. The van der Waals surface area contributed by atoms with Gasteiger partial charge in [-0.25, -0.2) is 4.39 Å². The van der Waals surface area contributed by atoms with Crippen molar-refractivity contribution in [1.29, 1.82) is 0 Å². The van der Waals surface area contributed by atoms with Crippen molar-refractivity contribution in [2.24, 2.45) is 11.1 Å². The monoisotopic (exact) mass is 320 g/mol. The Kier molecular flexibility index (Phi) is 6.13. The molecular formula is C18H25FN2O2. The molecule has 1 aromatic carbocycles. The first-order chi connectivity index (χ1) is 11.0. The molecule has 1 aliphatic rings. The maximum Gasteiger partial charge on any atom is 0.222 e. The number of carbonyl (C=O) groups excluding carboxylic acids is 1. The first-order valence-electron chi connectivity index (χ1n) is 8.26. The van der Waals surface area contributed by atoms with Crippen LogP contribution in [0.15, 0.2) is 29.4 Å². The van der Waals surface area contributed by atoms with Crippen LogP contribution in [-0.4, -0.2) is 35.7 Å². The lowest BCUT2D eigenvalue weighted by Gasteiger charge is -2.25. The molecule has 0 bridgehead atoms. The third-order valence-electron chi connectivity index (χ3n) is 3.74. The summed E-state index contributed by atoms with van der Waals surface area (Å²) in [5.41, 5.74) is 1.48. The maximum absolute atomic E-state index is 13.3. The van der Waals surface area contributed by atoms with Crippen molar-refractivity contribution >= 4 is 11.6 Å². The largest absolute Gasteiger partial charge is 0.390 e. The smallest absolute Gasteiger partial charge is 0.222 e. The lowest BCUT2D eigenvalue weighted by atomic mass is 10.0. The van der Waals surface area contributed by atoms with Gasteiger partial charge in [-0.2, -0.15) is 0 Å². The van der Waals surface area contributed by atoms with Crippen molar-refractivity contribution < 1.29 is 14.0 Å². The number of nitrogens with zero attached hydrogens (tertiary/aromatic N) is 2. The predicted molar refractivity (Wildman–Crippen MR) is 88.8 cm³/mol. The minimum absolute atomic E-state index is 0.157. The summed E-state index contributed by atoms with van der Waals surface area (Å²) in [5, 5.41) is 4.07. The van der Waals surface area contributed by atoms with E-state index in [-0.39, 0.29) is 17.8 Å². The van der Waals surface area contributed by atoms with Gasteiger partial charge in [0.05, 0.1) is 12.3 Å². The highest BCUT2D eigenvalue weighted by Crippen LogP contribution is 2.19. The summed E-state index contributed by atoms with van der Waals surface area (Å²) in [7, 11) is 0. The van der Waals surface area contributed by atoms with E-state index in [0.717, 1.165) is 24.2 Å². The second-order valence-electron chi connectivity index (χ2n) is 6.42. The van der Waals surface area contributed by atoms with Crippen LogP contribution in [0.4, 0.5) is 4.39 Å². The van der Waals surface area contributed by atoms with Crippen LogP contribution in [0.5, 0.6) is 0 Å². The molecule has 23 heavy (non-hydrogen) atoms. The predicted octanol–water partition coefficient (Wildman–Crippen LogP) is 3.60. The van der Waals surface area contributed by atoms with Gasteiger partial charge in [-0.1, -0.05) is 38.1 Å². The van der Waals surface area contributed by atoms with Gasteiger partial charge < -0.3 is 9.74 Å². The highest BCUT2D eigenvalue weighted by Gasteiger charge is 2.26. The summed E-state index contributed by atoms with van der Waals surface area (Å²) in [5.74, 6) is 0.212. The van der Waals surface area contributed by atoms with Gasteiger partial charge in [0.2, 0.25) is 5.91 Å². The van der Waals surface area contributed by atoms with Gasteiger partial charge in [-0.15, -0.1) is 0 Å². The minimum Gasteiger partial charge on any atom is -0.390 e. The maximum atomic E-state index is 13.3. The van der Waals surface area contributed by atoms with Crippen LogP contribution in [0.2, 0.25) is 0 Å². The van der Waals surface area contributed by atoms with Gasteiger partial charge in [0.15, 0.2) is 6.10 Å². The van der Waals surface area contributed by atoms with Crippen LogP contribution in [0, 0.1) is 11.7 Å². The van der Waals surface area contributed by atoms with E-state index in [1.165, 1.54) is 12.1 Å². The molecule has 0 fully saturated rings. The lowest BCUT2D eigenvalue weighted by molar-refractivity contribution is -0.133. The zero-order valence-electron chi connectivity index (χ0n) is 14.1. The Bertz CT molecular complexity index is 572. The molecule has 1 heterocycles. The van der Waals surface area contributed by atoms with Crippen LogP contribution in [0.25, 0.3) is 0 Å². The third-order valence-corrected chi connectivity index (χ3v) is 3.74. The van der Waals surface area contributed by atoms with Crippen LogP contribution in [0.1, 0.15) is 45.6 Å². The summed E-state index contributed by atoms with van der Waals surface area (Å²) in [4.78, 5) is 19.6. The van der Waals surface area contributed by atoms with Gasteiger partial charge in [0.25, 0.3) is 0 Å². The molecule has 1 aromatic rings. The molecule has 126 valence electrons. The van der Waals surface area contributed by atoms with Gasteiger partial charge in [0, 0.05) is 24.9 Å². The summed E-state index contributed by atoms with van der Waals surface area (Å²) in [6, 6.07) is 6.35. The lowest BCUT2D eigenvalue weighted by Crippen LogP contribution is -2.38. The van der Waals surface area contributed by atoms with Gasteiger partial charge in [-0.3, -0.25) is 4.79 Å². The fourth-order valence-electron chi connectivity index (χ4n) is 2.68. The molecule has 2 rings (SSSR count). The van der Waals surface area contributed by atoms with Crippen molar-refractivity contribution in [2.75, 3.05) is 13.1 Å². The zero-order valence-corrected chi connectivity index (χ0v) is 14.1. The number of benzene rings is 1. The summed E-state index contributed by atoms with van der Waals surface area (Å²) < 4.78 is 13.3. The van der Waals surface area contributed by atoms with Crippen molar-refractivity contribution in [3.05, 3.63) is 35.6 Å². The number of oxime groups is 1. The van der Waals surface area contributed by atoms with Crippen molar-refractivity contribution in [3.63, 3.8) is 0 Å². The van der Waals surface area contributed by atoms with Crippen LogP contribution < -0.4 is 0 Å².